The molecule has 0 spiro atoms. The van der Waals surface area contributed by atoms with E-state index in [1.165, 1.54) is 18.2 Å². The third-order valence-electron chi connectivity index (χ3n) is 3.92. The van der Waals surface area contributed by atoms with Crippen LogP contribution in [-0.2, 0) is 4.79 Å². The number of hydrogen-bond donors (Lipinski definition) is 1. The average Bonchev–Trinajstić information content (AvgIpc) is 2.99. The number of carbonyl (C=O) groups is 2. The molecule has 1 aliphatic heterocycles. The molecule has 1 heterocycles. The van der Waals surface area contributed by atoms with Gasteiger partial charge in [0.15, 0.2) is 0 Å². The Hall–Kier alpha value is -1.62. The molecule has 0 bridgehead atoms. The maximum atomic E-state index is 13.9. The summed E-state index contributed by atoms with van der Waals surface area (Å²) in [7, 11) is 0. The van der Waals surface area contributed by atoms with Crippen LogP contribution in [-0.4, -0.2) is 35.8 Å². The number of likely N-dealkylation sites (tertiary alicyclic amines) is 1. The molecule has 1 saturated heterocycles. The Morgan fingerprint density at radius 3 is 2.52 bits per heavy atom. The highest BCUT2D eigenvalue weighted by molar-refractivity contribution is 6.33. The summed E-state index contributed by atoms with van der Waals surface area (Å²) in [4.78, 5) is 26.8. The van der Waals surface area contributed by atoms with Gasteiger partial charge in [0, 0.05) is 13.1 Å². The van der Waals surface area contributed by atoms with Crippen LogP contribution in [0, 0.1) is 11.7 Å². The molecule has 1 aromatic rings. The summed E-state index contributed by atoms with van der Waals surface area (Å²) >= 11 is 5.92. The molecular weight excluding hydrogens is 319 g/mol. The zero-order valence-electron chi connectivity index (χ0n) is 13.4. The van der Waals surface area contributed by atoms with Crippen molar-refractivity contribution in [2.24, 2.45) is 5.92 Å². The van der Waals surface area contributed by atoms with Crippen molar-refractivity contribution in [2.75, 3.05) is 13.1 Å². The largest absolute Gasteiger partial charge is 0.341 e. The third kappa shape index (κ3) is 4.44. The van der Waals surface area contributed by atoms with E-state index in [-0.39, 0.29) is 22.4 Å². The summed E-state index contributed by atoms with van der Waals surface area (Å²) in [5, 5.41) is 2.71. The van der Waals surface area contributed by atoms with Gasteiger partial charge in [-0.2, -0.15) is 0 Å². The molecule has 1 aliphatic rings. The average molecular weight is 341 g/mol. The van der Waals surface area contributed by atoms with Gasteiger partial charge in [-0.25, -0.2) is 4.39 Å². The molecule has 0 aliphatic carbocycles. The van der Waals surface area contributed by atoms with E-state index in [4.69, 9.17) is 11.6 Å². The fourth-order valence-electron chi connectivity index (χ4n) is 2.80. The molecule has 0 unspecified atom stereocenters. The quantitative estimate of drug-likeness (QED) is 0.894. The van der Waals surface area contributed by atoms with E-state index in [2.05, 4.69) is 5.32 Å². The van der Waals surface area contributed by atoms with Gasteiger partial charge < -0.3 is 10.2 Å². The second kappa shape index (κ2) is 7.77. The first-order valence-electron chi connectivity index (χ1n) is 7.93. The molecule has 1 aromatic carbocycles. The minimum Gasteiger partial charge on any atom is -0.341 e. The van der Waals surface area contributed by atoms with E-state index >= 15 is 0 Å². The van der Waals surface area contributed by atoms with Gasteiger partial charge in [0.25, 0.3) is 5.91 Å². The van der Waals surface area contributed by atoms with Crippen LogP contribution in [0.4, 0.5) is 4.39 Å². The topological polar surface area (TPSA) is 49.4 Å². The molecule has 0 aromatic heterocycles. The number of hydrogen-bond acceptors (Lipinski definition) is 2. The van der Waals surface area contributed by atoms with Crippen LogP contribution in [0.15, 0.2) is 18.2 Å². The Morgan fingerprint density at radius 1 is 1.30 bits per heavy atom. The Morgan fingerprint density at radius 2 is 1.96 bits per heavy atom. The number of nitrogens with zero attached hydrogens (tertiary/aromatic N) is 1. The Balaban J connectivity index is 2.16. The van der Waals surface area contributed by atoms with Gasteiger partial charge in [-0.3, -0.25) is 9.59 Å². The third-order valence-corrected chi connectivity index (χ3v) is 4.23. The minimum absolute atomic E-state index is 0.0411. The molecule has 2 rings (SSSR count). The van der Waals surface area contributed by atoms with E-state index in [0.717, 1.165) is 12.8 Å². The van der Waals surface area contributed by atoms with E-state index in [1.54, 1.807) is 4.90 Å². The first kappa shape index (κ1) is 17.7. The van der Waals surface area contributed by atoms with Crippen LogP contribution in [0.3, 0.4) is 0 Å². The van der Waals surface area contributed by atoms with Crippen LogP contribution in [0.1, 0.15) is 43.5 Å². The normalized spacial score (nSPS) is 15.8. The summed E-state index contributed by atoms with van der Waals surface area (Å²) in [6.07, 6.45) is 2.47. The lowest BCUT2D eigenvalue weighted by Crippen LogP contribution is -2.48. The van der Waals surface area contributed by atoms with Gasteiger partial charge in [0.1, 0.15) is 11.9 Å². The summed E-state index contributed by atoms with van der Waals surface area (Å²) in [6.45, 7) is 5.38. The van der Waals surface area contributed by atoms with E-state index < -0.39 is 17.8 Å². The zero-order chi connectivity index (χ0) is 17.0. The lowest BCUT2D eigenvalue weighted by atomic mass is 10.0. The molecule has 6 heteroatoms. The van der Waals surface area contributed by atoms with Crippen LogP contribution in [0.5, 0.6) is 0 Å². The maximum absolute atomic E-state index is 13.9. The lowest BCUT2D eigenvalue weighted by molar-refractivity contribution is -0.132. The molecule has 23 heavy (non-hydrogen) atoms. The van der Waals surface area contributed by atoms with Crippen molar-refractivity contribution in [3.63, 3.8) is 0 Å². The molecule has 1 atom stereocenters. The van der Waals surface area contributed by atoms with Crippen molar-refractivity contribution in [1.29, 1.82) is 0 Å². The SMILES string of the molecule is CC(C)C[C@H](NC(=O)c1c(F)cccc1Cl)C(=O)N1CCCC1. The number of amides is 2. The Kier molecular flexibility index (Phi) is 5.99. The van der Waals surface area contributed by atoms with Gasteiger partial charge in [0.05, 0.1) is 10.6 Å². The van der Waals surface area contributed by atoms with Crippen molar-refractivity contribution < 1.29 is 14.0 Å². The van der Waals surface area contributed by atoms with Gasteiger partial charge in [-0.15, -0.1) is 0 Å². The first-order valence-corrected chi connectivity index (χ1v) is 8.31. The summed E-state index contributed by atoms with van der Waals surface area (Å²) in [6, 6.07) is 3.42. The number of benzene rings is 1. The highest BCUT2D eigenvalue weighted by Crippen LogP contribution is 2.20. The van der Waals surface area contributed by atoms with E-state index in [0.29, 0.717) is 19.5 Å². The fraction of sp³-hybridized carbons (Fsp3) is 0.529. The van der Waals surface area contributed by atoms with Crippen LogP contribution < -0.4 is 5.32 Å². The van der Waals surface area contributed by atoms with Crippen molar-refractivity contribution in [2.45, 2.75) is 39.2 Å². The van der Waals surface area contributed by atoms with Crippen LogP contribution in [0.2, 0.25) is 5.02 Å². The van der Waals surface area contributed by atoms with Crippen LogP contribution in [0.25, 0.3) is 0 Å². The molecule has 1 N–H and O–H groups in total. The highest BCUT2D eigenvalue weighted by Gasteiger charge is 2.29. The van der Waals surface area contributed by atoms with Crippen molar-refractivity contribution >= 4 is 23.4 Å². The molecule has 0 radical (unpaired) electrons. The Bertz CT molecular complexity index is 566. The monoisotopic (exact) mass is 340 g/mol. The highest BCUT2D eigenvalue weighted by atomic mass is 35.5. The van der Waals surface area contributed by atoms with Crippen LogP contribution >= 0.6 is 11.6 Å². The predicted molar refractivity (Wildman–Crippen MR) is 87.9 cm³/mol. The second-order valence-electron chi connectivity index (χ2n) is 6.28. The fourth-order valence-corrected chi connectivity index (χ4v) is 3.04. The minimum atomic E-state index is -0.688. The standard InChI is InChI=1S/C17H22ClFN2O2/c1-11(2)10-14(17(23)21-8-3-4-9-21)20-16(22)15-12(18)6-5-7-13(15)19/h5-7,11,14H,3-4,8-10H2,1-2H3,(H,20,22)/t14-/m0/s1. The van der Waals surface area contributed by atoms with Crippen molar-refractivity contribution in [3.8, 4) is 0 Å². The Labute approximate surface area is 141 Å². The van der Waals surface area contributed by atoms with E-state index in [1.807, 2.05) is 13.8 Å². The smallest absolute Gasteiger partial charge is 0.256 e. The number of nitrogens with one attached hydrogen (secondary N) is 1. The summed E-state index contributed by atoms with van der Waals surface area (Å²) in [5.41, 5.74) is -0.211. The summed E-state index contributed by atoms with van der Waals surface area (Å²) < 4.78 is 13.9. The molecule has 0 saturated carbocycles. The van der Waals surface area contributed by atoms with Gasteiger partial charge in [-0.1, -0.05) is 31.5 Å². The molecule has 4 nitrogen and oxygen atoms in total. The van der Waals surface area contributed by atoms with Gasteiger partial charge >= 0.3 is 0 Å². The molecular formula is C17H22ClFN2O2. The lowest BCUT2D eigenvalue weighted by Gasteiger charge is -2.25. The number of carbonyl (C=O) groups excluding carboxylic acids is 2. The maximum Gasteiger partial charge on any atom is 0.256 e. The number of rotatable bonds is 5. The van der Waals surface area contributed by atoms with Crippen molar-refractivity contribution in [3.05, 3.63) is 34.6 Å². The molecule has 126 valence electrons. The number of halogens is 2. The molecule has 1 fully saturated rings. The first-order chi connectivity index (χ1) is 10.9. The van der Waals surface area contributed by atoms with Gasteiger partial charge in [0.2, 0.25) is 5.91 Å². The second-order valence-corrected chi connectivity index (χ2v) is 6.69. The van der Waals surface area contributed by atoms with Crippen molar-refractivity contribution in [1.82, 2.24) is 10.2 Å². The van der Waals surface area contributed by atoms with Gasteiger partial charge in [-0.05, 0) is 37.3 Å². The summed E-state index contributed by atoms with van der Waals surface area (Å²) in [5.74, 6) is -1.21. The predicted octanol–water partition coefficient (Wildman–Crippen LogP) is 3.25. The molecule has 2 amide bonds. The zero-order valence-corrected chi connectivity index (χ0v) is 14.2. The van der Waals surface area contributed by atoms with E-state index in [9.17, 15) is 14.0 Å².